The van der Waals surface area contributed by atoms with E-state index in [0.29, 0.717) is 6.04 Å². The van der Waals surface area contributed by atoms with Crippen molar-refractivity contribution < 1.29 is 0 Å². The minimum Gasteiger partial charge on any atom is -0.294 e. The molecule has 0 saturated carbocycles. The minimum absolute atomic E-state index is 0.364. The number of hydrazone groups is 1. The van der Waals surface area contributed by atoms with Gasteiger partial charge in [0.2, 0.25) is 0 Å². The average Bonchev–Trinajstić information content (AvgIpc) is 3.07. The quantitative estimate of drug-likeness (QED) is 0.532. The van der Waals surface area contributed by atoms with Crippen LogP contribution in [0.5, 0.6) is 0 Å². The molecule has 1 saturated heterocycles. The molecule has 28 heavy (non-hydrogen) atoms. The monoisotopic (exact) mass is 431 g/mol. The molecule has 3 aromatic carbocycles. The second-order valence-electron chi connectivity index (χ2n) is 7.37. The normalized spacial score (nSPS) is 17.1. The molecule has 3 aromatic rings. The van der Waals surface area contributed by atoms with Crippen LogP contribution < -0.4 is 0 Å². The number of fused-ring (bicyclic) bond motifs is 3. The first-order valence-corrected chi connectivity index (χ1v) is 10.6. The molecule has 4 heteroatoms. The molecule has 0 bridgehead atoms. The molecule has 0 aromatic heterocycles. The molecule has 0 spiro atoms. The Labute approximate surface area is 174 Å². The number of halogens is 1. The fraction of sp³-hybridized carbons (Fsp3) is 0.208. The lowest BCUT2D eigenvalue weighted by Gasteiger charge is -2.37. The minimum atomic E-state index is 0.364. The Balaban J connectivity index is 1.32. The van der Waals surface area contributed by atoms with Gasteiger partial charge in [0, 0.05) is 30.7 Å². The predicted octanol–water partition coefficient (Wildman–Crippen LogP) is 5.17. The molecule has 1 aliphatic carbocycles. The number of hydrogen-bond acceptors (Lipinski definition) is 3. The summed E-state index contributed by atoms with van der Waals surface area (Å²) in [5.41, 5.74) is 6.77. The summed E-state index contributed by atoms with van der Waals surface area (Å²) in [7, 11) is 0. The Kier molecular flexibility index (Phi) is 4.75. The van der Waals surface area contributed by atoms with Gasteiger partial charge in [-0.3, -0.25) is 9.91 Å². The molecular formula is C24H22BrN3. The third-order valence-electron chi connectivity index (χ3n) is 5.68. The van der Waals surface area contributed by atoms with E-state index in [1.807, 2.05) is 18.3 Å². The maximum atomic E-state index is 4.71. The van der Waals surface area contributed by atoms with Gasteiger partial charge >= 0.3 is 0 Å². The maximum absolute atomic E-state index is 4.71. The van der Waals surface area contributed by atoms with E-state index < -0.39 is 0 Å². The fourth-order valence-corrected chi connectivity index (χ4v) is 4.76. The number of nitrogens with zero attached hydrogens (tertiary/aromatic N) is 3. The van der Waals surface area contributed by atoms with Gasteiger partial charge in [-0.1, -0.05) is 76.6 Å². The number of rotatable bonds is 3. The van der Waals surface area contributed by atoms with Crippen molar-refractivity contribution in [1.29, 1.82) is 0 Å². The van der Waals surface area contributed by atoms with Crippen molar-refractivity contribution in [2.24, 2.45) is 5.10 Å². The Hall–Kier alpha value is -2.43. The van der Waals surface area contributed by atoms with Crippen molar-refractivity contribution in [3.05, 3.63) is 94.0 Å². The van der Waals surface area contributed by atoms with Gasteiger partial charge in [-0.2, -0.15) is 5.10 Å². The fourth-order valence-electron chi connectivity index (χ4n) is 4.34. The highest BCUT2D eigenvalue weighted by atomic mass is 79.9. The zero-order valence-corrected chi connectivity index (χ0v) is 17.2. The first kappa shape index (κ1) is 17.7. The average molecular weight is 432 g/mol. The molecule has 1 heterocycles. The third-order valence-corrected chi connectivity index (χ3v) is 6.17. The van der Waals surface area contributed by atoms with Crippen LogP contribution in [0.2, 0.25) is 0 Å². The molecule has 1 fully saturated rings. The van der Waals surface area contributed by atoms with Gasteiger partial charge in [-0.25, -0.2) is 0 Å². The van der Waals surface area contributed by atoms with E-state index in [1.54, 1.807) is 0 Å². The molecular weight excluding hydrogens is 410 g/mol. The molecule has 0 N–H and O–H groups in total. The van der Waals surface area contributed by atoms with Gasteiger partial charge in [0.15, 0.2) is 0 Å². The van der Waals surface area contributed by atoms with E-state index in [4.69, 9.17) is 5.10 Å². The van der Waals surface area contributed by atoms with E-state index in [-0.39, 0.29) is 0 Å². The van der Waals surface area contributed by atoms with Gasteiger partial charge in [0.25, 0.3) is 0 Å². The van der Waals surface area contributed by atoms with E-state index in [9.17, 15) is 0 Å². The molecule has 0 amide bonds. The van der Waals surface area contributed by atoms with Crippen LogP contribution in [0.3, 0.4) is 0 Å². The smallest absolute Gasteiger partial charge is 0.0615 e. The summed E-state index contributed by atoms with van der Waals surface area (Å²) < 4.78 is 1.08. The second kappa shape index (κ2) is 7.53. The highest BCUT2D eigenvalue weighted by Crippen LogP contribution is 2.46. The van der Waals surface area contributed by atoms with Crippen LogP contribution in [-0.4, -0.2) is 42.3 Å². The summed E-state index contributed by atoms with van der Waals surface area (Å²) in [6.45, 7) is 3.93. The van der Waals surface area contributed by atoms with Crippen LogP contribution in [0.4, 0.5) is 0 Å². The third kappa shape index (κ3) is 3.27. The summed E-state index contributed by atoms with van der Waals surface area (Å²) in [6, 6.07) is 26.3. The Morgan fingerprint density at radius 1 is 0.786 bits per heavy atom. The Bertz CT molecular complexity index is 976. The molecule has 0 atom stereocenters. The van der Waals surface area contributed by atoms with Crippen LogP contribution in [0, 0.1) is 0 Å². The lowest BCUT2D eigenvalue weighted by molar-refractivity contribution is 0.114. The summed E-state index contributed by atoms with van der Waals surface area (Å²) in [5, 5.41) is 6.89. The van der Waals surface area contributed by atoms with Gasteiger partial charge < -0.3 is 0 Å². The zero-order chi connectivity index (χ0) is 18.9. The van der Waals surface area contributed by atoms with E-state index in [1.165, 1.54) is 22.3 Å². The van der Waals surface area contributed by atoms with Gasteiger partial charge in [0.05, 0.1) is 12.3 Å². The van der Waals surface area contributed by atoms with Gasteiger partial charge in [-0.15, -0.1) is 0 Å². The molecule has 3 nitrogen and oxygen atoms in total. The molecule has 0 radical (unpaired) electrons. The summed E-state index contributed by atoms with van der Waals surface area (Å²) in [4.78, 5) is 2.61. The van der Waals surface area contributed by atoms with Crippen LogP contribution in [-0.2, 0) is 0 Å². The Morgan fingerprint density at radius 3 is 2.07 bits per heavy atom. The van der Waals surface area contributed by atoms with Crippen LogP contribution in [0.15, 0.2) is 82.4 Å². The maximum Gasteiger partial charge on any atom is 0.0615 e. The standard InChI is InChI=1S/C24H22BrN3/c25-19-7-5-6-18(16-19)17-26-28-14-12-27(13-15-28)24-22-10-3-1-8-20(22)21-9-2-4-11-23(21)24/h1-11,16-17,24H,12-15H2/b26-17-. The van der Waals surface area contributed by atoms with Crippen molar-refractivity contribution in [1.82, 2.24) is 9.91 Å². The van der Waals surface area contributed by atoms with Gasteiger partial charge in [0.1, 0.15) is 0 Å². The zero-order valence-electron chi connectivity index (χ0n) is 15.6. The molecule has 2 aliphatic rings. The van der Waals surface area contributed by atoms with Gasteiger partial charge in [-0.05, 0) is 39.9 Å². The van der Waals surface area contributed by atoms with E-state index >= 15 is 0 Å². The summed E-state index contributed by atoms with van der Waals surface area (Å²) >= 11 is 3.52. The van der Waals surface area contributed by atoms with E-state index in [2.05, 4.69) is 86.5 Å². The first-order valence-electron chi connectivity index (χ1n) is 9.76. The van der Waals surface area contributed by atoms with Crippen molar-refractivity contribution in [2.75, 3.05) is 26.2 Å². The topological polar surface area (TPSA) is 18.8 Å². The van der Waals surface area contributed by atoms with Crippen molar-refractivity contribution in [2.45, 2.75) is 6.04 Å². The summed E-state index contributed by atoms with van der Waals surface area (Å²) in [5.74, 6) is 0. The molecule has 0 unspecified atom stereocenters. The van der Waals surface area contributed by atoms with Crippen LogP contribution >= 0.6 is 15.9 Å². The van der Waals surface area contributed by atoms with E-state index in [0.717, 1.165) is 36.2 Å². The van der Waals surface area contributed by atoms with Crippen molar-refractivity contribution in [3.8, 4) is 11.1 Å². The Morgan fingerprint density at radius 2 is 1.43 bits per heavy atom. The van der Waals surface area contributed by atoms with Crippen LogP contribution in [0.1, 0.15) is 22.7 Å². The lowest BCUT2D eigenvalue weighted by atomic mass is 10.0. The number of benzene rings is 3. The first-order chi connectivity index (χ1) is 13.8. The molecule has 140 valence electrons. The van der Waals surface area contributed by atoms with Crippen molar-refractivity contribution >= 4 is 22.1 Å². The number of hydrogen-bond donors (Lipinski definition) is 0. The predicted molar refractivity (Wildman–Crippen MR) is 119 cm³/mol. The highest BCUT2D eigenvalue weighted by Gasteiger charge is 2.33. The summed E-state index contributed by atoms with van der Waals surface area (Å²) in [6.07, 6.45) is 1.96. The molecule has 5 rings (SSSR count). The largest absolute Gasteiger partial charge is 0.294 e. The molecule has 1 aliphatic heterocycles. The van der Waals surface area contributed by atoms with Crippen molar-refractivity contribution in [3.63, 3.8) is 0 Å². The lowest BCUT2D eigenvalue weighted by Crippen LogP contribution is -2.45. The number of piperazine rings is 1. The van der Waals surface area contributed by atoms with Crippen LogP contribution in [0.25, 0.3) is 11.1 Å². The highest BCUT2D eigenvalue weighted by molar-refractivity contribution is 9.10. The SMILES string of the molecule is Brc1cccc(/C=N\N2CCN(C3c4ccccc4-c4ccccc43)CC2)c1. The second-order valence-corrected chi connectivity index (χ2v) is 8.28.